The number of benzene rings is 2. The molecule has 0 bridgehead atoms. The zero-order chi connectivity index (χ0) is 19.6. The lowest BCUT2D eigenvalue weighted by atomic mass is 10.0. The van der Waals surface area contributed by atoms with Crippen LogP contribution in [0.15, 0.2) is 53.5 Å². The maximum Gasteiger partial charge on any atom is 0.191 e. The van der Waals surface area contributed by atoms with Crippen LogP contribution < -0.4 is 15.4 Å². The number of likely N-dealkylation sites (N-methyl/N-ethyl adjacent to an activating group) is 1. The highest BCUT2D eigenvalue weighted by Gasteiger charge is 2.18. The fourth-order valence-corrected chi connectivity index (χ4v) is 2.81. The standard InChI is InChI=1S/C21H29FN4O/c1-5-23-21(24-14-16-10-12-17(22)13-11-16)25-15-19(26(2)3)18-8-6-7-9-20(18)27-4/h6-13,19H,5,14-15H2,1-4H3,(H2,23,24,25). The van der Waals surface area contributed by atoms with Gasteiger partial charge in [0, 0.05) is 18.7 Å². The average molecular weight is 372 g/mol. The first kappa shape index (κ1) is 20.7. The van der Waals surface area contributed by atoms with Crippen LogP contribution in [0.3, 0.4) is 0 Å². The van der Waals surface area contributed by atoms with Crippen LogP contribution in [0.4, 0.5) is 4.39 Å². The van der Waals surface area contributed by atoms with Crippen LogP contribution in [0.5, 0.6) is 5.75 Å². The molecule has 5 nitrogen and oxygen atoms in total. The van der Waals surface area contributed by atoms with Gasteiger partial charge in [-0.15, -0.1) is 0 Å². The molecule has 0 saturated carbocycles. The smallest absolute Gasteiger partial charge is 0.191 e. The van der Waals surface area contributed by atoms with Gasteiger partial charge in [-0.1, -0.05) is 30.3 Å². The summed E-state index contributed by atoms with van der Waals surface area (Å²) in [5, 5.41) is 6.65. The minimum Gasteiger partial charge on any atom is -0.496 e. The van der Waals surface area contributed by atoms with Crippen LogP contribution in [0.25, 0.3) is 0 Å². The van der Waals surface area contributed by atoms with Crippen LogP contribution >= 0.6 is 0 Å². The Bertz CT molecular complexity index is 731. The van der Waals surface area contributed by atoms with Crippen molar-refractivity contribution in [1.82, 2.24) is 15.5 Å². The molecule has 1 atom stereocenters. The zero-order valence-electron chi connectivity index (χ0n) is 16.5. The Labute approximate surface area is 161 Å². The van der Waals surface area contributed by atoms with Gasteiger partial charge in [0.15, 0.2) is 5.96 Å². The predicted molar refractivity (Wildman–Crippen MR) is 109 cm³/mol. The van der Waals surface area contributed by atoms with Crippen molar-refractivity contribution in [1.29, 1.82) is 0 Å². The summed E-state index contributed by atoms with van der Waals surface area (Å²) in [6.07, 6.45) is 0. The van der Waals surface area contributed by atoms with Crippen molar-refractivity contribution in [3.05, 3.63) is 65.5 Å². The van der Waals surface area contributed by atoms with E-state index < -0.39 is 0 Å². The summed E-state index contributed by atoms with van der Waals surface area (Å²) in [5.41, 5.74) is 2.08. The van der Waals surface area contributed by atoms with Crippen LogP contribution in [-0.4, -0.2) is 45.2 Å². The first-order chi connectivity index (χ1) is 13.0. The molecule has 0 radical (unpaired) electrons. The van der Waals surface area contributed by atoms with Gasteiger partial charge in [-0.25, -0.2) is 9.38 Å². The number of hydrogen-bond acceptors (Lipinski definition) is 3. The second kappa shape index (κ2) is 10.5. The lowest BCUT2D eigenvalue weighted by Crippen LogP contribution is -2.41. The molecule has 0 aliphatic rings. The van der Waals surface area contributed by atoms with Gasteiger partial charge >= 0.3 is 0 Å². The van der Waals surface area contributed by atoms with Crippen molar-refractivity contribution in [2.75, 3.05) is 34.3 Å². The fraction of sp³-hybridized carbons (Fsp3) is 0.381. The summed E-state index contributed by atoms with van der Waals surface area (Å²) >= 11 is 0. The molecule has 0 spiro atoms. The Morgan fingerprint density at radius 2 is 1.81 bits per heavy atom. The van der Waals surface area contributed by atoms with Crippen molar-refractivity contribution >= 4 is 5.96 Å². The molecule has 2 N–H and O–H groups in total. The predicted octanol–water partition coefficient (Wildman–Crippen LogP) is 3.19. The number of hydrogen-bond donors (Lipinski definition) is 2. The van der Waals surface area contributed by atoms with E-state index in [1.807, 2.05) is 39.2 Å². The van der Waals surface area contributed by atoms with E-state index in [2.05, 4.69) is 26.6 Å². The molecule has 0 aromatic heterocycles. The van der Waals surface area contributed by atoms with Crippen molar-refractivity contribution in [2.24, 2.45) is 4.99 Å². The Morgan fingerprint density at radius 3 is 2.44 bits per heavy atom. The number of aliphatic imine (C=N–C) groups is 1. The summed E-state index contributed by atoms with van der Waals surface area (Å²) in [5.74, 6) is 1.35. The summed E-state index contributed by atoms with van der Waals surface area (Å²) in [4.78, 5) is 6.75. The van der Waals surface area contributed by atoms with E-state index in [-0.39, 0.29) is 11.9 Å². The average Bonchev–Trinajstić information content (AvgIpc) is 2.67. The molecule has 0 amide bonds. The summed E-state index contributed by atoms with van der Waals surface area (Å²) in [6.45, 7) is 3.94. The van der Waals surface area contributed by atoms with Gasteiger partial charge < -0.3 is 20.3 Å². The number of methoxy groups -OCH3 is 1. The Hall–Kier alpha value is -2.60. The third kappa shape index (κ3) is 6.25. The van der Waals surface area contributed by atoms with Crippen LogP contribution in [0, 0.1) is 5.82 Å². The van der Waals surface area contributed by atoms with Crippen LogP contribution in [-0.2, 0) is 6.54 Å². The van der Waals surface area contributed by atoms with Gasteiger partial charge in [0.05, 0.1) is 19.7 Å². The third-order valence-electron chi connectivity index (χ3n) is 4.26. The lowest BCUT2D eigenvalue weighted by Gasteiger charge is -2.27. The van der Waals surface area contributed by atoms with Gasteiger partial charge in [0.2, 0.25) is 0 Å². The Balaban J connectivity index is 2.09. The molecular formula is C21H29FN4O. The maximum atomic E-state index is 13.0. The van der Waals surface area contributed by atoms with Crippen molar-refractivity contribution < 1.29 is 9.13 Å². The minimum absolute atomic E-state index is 0.121. The molecule has 27 heavy (non-hydrogen) atoms. The second-order valence-corrected chi connectivity index (χ2v) is 6.42. The summed E-state index contributed by atoms with van der Waals surface area (Å²) in [6, 6.07) is 14.6. The summed E-state index contributed by atoms with van der Waals surface area (Å²) < 4.78 is 18.6. The number of nitrogens with one attached hydrogen (secondary N) is 2. The maximum absolute atomic E-state index is 13.0. The van der Waals surface area contributed by atoms with E-state index in [0.717, 1.165) is 29.4 Å². The SMILES string of the molecule is CCNC(=NCc1ccc(F)cc1)NCC(c1ccccc1OC)N(C)C. The molecule has 2 aromatic rings. The highest BCUT2D eigenvalue weighted by molar-refractivity contribution is 5.79. The molecule has 1 unspecified atom stereocenters. The first-order valence-corrected chi connectivity index (χ1v) is 9.11. The van der Waals surface area contributed by atoms with Crippen molar-refractivity contribution in [3.8, 4) is 5.75 Å². The number of nitrogens with zero attached hydrogens (tertiary/aromatic N) is 2. The molecule has 146 valence electrons. The molecule has 0 aliphatic carbocycles. The lowest BCUT2D eigenvalue weighted by molar-refractivity contribution is 0.287. The van der Waals surface area contributed by atoms with Crippen LogP contribution in [0.1, 0.15) is 24.1 Å². The van der Waals surface area contributed by atoms with Crippen LogP contribution in [0.2, 0.25) is 0 Å². The van der Waals surface area contributed by atoms with E-state index in [9.17, 15) is 4.39 Å². The molecule has 2 aromatic carbocycles. The van der Waals surface area contributed by atoms with Gasteiger partial charge in [-0.2, -0.15) is 0 Å². The van der Waals surface area contributed by atoms with E-state index in [0.29, 0.717) is 13.1 Å². The first-order valence-electron chi connectivity index (χ1n) is 9.11. The number of guanidine groups is 1. The molecular weight excluding hydrogens is 343 g/mol. The molecule has 0 heterocycles. The fourth-order valence-electron chi connectivity index (χ4n) is 2.81. The highest BCUT2D eigenvalue weighted by Crippen LogP contribution is 2.27. The van der Waals surface area contributed by atoms with Gasteiger partial charge in [0.1, 0.15) is 11.6 Å². The van der Waals surface area contributed by atoms with E-state index in [4.69, 9.17) is 4.74 Å². The number of para-hydroxylation sites is 1. The van der Waals surface area contributed by atoms with E-state index >= 15 is 0 Å². The monoisotopic (exact) mass is 372 g/mol. The molecule has 0 fully saturated rings. The minimum atomic E-state index is -0.238. The summed E-state index contributed by atoms with van der Waals surface area (Å²) in [7, 11) is 5.77. The number of rotatable bonds is 8. The largest absolute Gasteiger partial charge is 0.496 e. The van der Waals surface area contributed by atoms with Gasteiger partial charge in [0.25, 0.3) is 0 Å². The zero-order valence-corrected chi connectivity index (χ0v) is 16.5. The van der Waals surface area contributed by atoms with Gasteiger partial charge in [-0.3, -0.25) is 0 Å². The Kier molecular flexibility index (Phi) is 8.07. The molecule has 0 aliphatic heterocycles. The Morgan fingerprint density at radius 1 is 1.11 bits per heavy atom. The molecule has 0 saturated heterocycles. The number of ether oxygens (including phenoxy) is 1. The van der Waals surface area contributed by atoms with E-state index in [1.165, 1.54) is 12.1 Å². The second-order valence-electron chi connectivity index (χ2n) is 6.42. The van der Waals surface area contributed by atoms with Gasteiger partial charge in [-0.05, 0) is 44.8 Å². The third-order valence-corrected chi connectivity index (χ3v) is 4.26. The molecule has 2 rings (SSSR count). The highest BCUT2D eigenvalue weighted by atomic mass is 19.1. The van der Waals surface area contributed by atoms with Crippen molar-refractivity contribution in [2.45, 2.75) is 19.5 Å². The number of halogens is 1. The van der Waals surface area contributed by atoms with Crippen molar-refractivity contribution in [3.63, 3.8) is 0 Å². The quantitative estimate of drug-likeness (QED) is 0.552. The molecule has 6 heteroatoms. The van der Waals surface area contributed by atoms with E-state index in [1.54, 1.807) is 19.2 Å². The topological polar surface area (TPSA) is 48.9 Å². The normalized spacial score (nSPS) is 12.7.